The second-order valence-corrected chi connectivity index (χ2v) is 10.9. The van der Waals surface area contributed by atoms with E-state index in [1.165, 1.54) is 0 Å². The van der Waals surface area contributed by atoms with E-state index in [0.717, 1.165) is 6.42 Å². The fraction of sp³-hybridized carbons (Fsp3) is 0.704. The summed E-state index contributed by atoms with van der Waals surface area (Å²) in [6.45, 7) is 3.60. The van der Waals surface area contributed by atoms with Gasteiger partial charge in [0, 0.05) is 0 Å². The van der Waals surface area contributed by atoms with E-state index in [9.17, 15) is 43.5 Å². The average Bonchev–Trinajstić information content (AvgIpc) is 3.51. The summed E-state index contributed by atoms with van der Waals surface area (Å²) in [7, 11) is 0. The van der Waals surface area contributed by atoms with E-state index in [4.69, 9.17) is 16.6 Å². The fourth-order valence-corrected chi connectivity index (χ4v) is 4.51. The van der Waals surface area contributed by atoms with Crippen LogP contribution in [0.5, 0.6) is 0 Å². The Bertz CT molecular complexity index is 1080. The molecule has 1 fully saturated rings. The lowest BCUT2D eigenvalue weighted by atomic mass is 9.96. The molecule has 1 saturated heterocycles. The van der Waals surface area contributed by atoms with Crippen molar-refractivity contribution in [1.29, 1.82) is 0 Å². The van der Waals surface area contributed by atoms with Gasteiger partial charge in [0.1, 0.15) is 30.7 Å². The van der Waals surface area contributed by atoms with Crippen LogP contribution in [0.2, 0.25) is 0 Å². The van der Waals surface area contributed by atoms with Gasteiger partial charge >= 0.3 is 11.9 Å². The molecule has 0 spiro atoms. The molecule has 45 heavy (non-hydrogen) atoms. The summed E-state index contributed by atoms with van der Waals surface area (Å²) in [6, 6.07) is -6.15. The molecule has 1 heterocycles. The Morgan fingerprint density at radius 2 is 1.44 bits per heavy atom. The van der Waals surface area contributed by atoms with Crippen LogP contribution in [0.3, 0.4) is 0 Å². The van der Waals surface area contributed by atoms with Crippen LogP contribution in [0.4, 0.5) is 0 Å². The highest BCUT2D eigenvalue weighted by atomic mass is 16.4. The lowest BCUT2D eigenvalue weighted by molar-refractivity contribution is -0.142. The molecule has 0 aromatic heterocycles. The van der Waals surface area contributed by atoms with Gasteiger partial charge in [0.15, 0.2) is 0 Å². The Balaban J connectivity index is 3.15. The highest BCUT2D eigenvalue weighted by molar-refractivity contribution is 5.98. The van der Waals surface area contributed by atoms with Crippen LogP contribution in [0.25, 0.3) is 0 Å². The number of carboxylic acid groups (broad SMARTS) is 2. The molecule has 1 rings (SSSR count). The van der Waals surface area contributed by atoms with Crippen LogP contribution in [0.15, 0.2) is 0 Å². The molecule has 1 aliphatic rings. The van der Waals surface area contributed by atoms with Crippen molar-refractivity contribution in [2.45, 2.75) is 95.4 Å². The van der Waals surface area contributed by atoms with Crippen molar-refractivity contribution in [2.24, 2.45) is 17.4 Å². The van der Waals surface area contributed by atoms with Crippen LogP contribution in [0.1, 0.15) is 65.2 Å². The molecule has 0 unspecified atom stereocenters. The Hall–Kier alpha value is -4.32. The molecule has 0 aromatic rings. The first kappa shape index (κ1) is 38.7. The number of hydrogen-bond acceptors (Lipinski definition) is 10. The van der Waals surface area contributed by atoms with Crippen molar-refractivity contribution in [3.05, 3.63) is 0 Å². The van der Waals surface area contributed by atoms with E-state index in [1.807, 2.05) is 5.32 Å². The van der Waals surface area contributed by atoms with Crippen molar-refractivity contribution >= 4 is 47.4 Å². The number of hydrogen-bond donors (Lipinski definition) is 10. The number of aliphatic carboxylic acids is 2. The number of nitrogens with two attached hydrogens (primary N) is 2. The zero-order valence-electron chi connectivity index (χ0n) is 25.6. The minimum absolute atomic E-state index is 0.242. The highest BCUT2D eigenvalue weighted by Gasteiger charge is 2.35. The number of carboxylic acids is 2. The van der Waals surface area contributed by atoms with Gasteiger partial charge in [-0.3, -0.25) is 38.4 Å². The summed E-state index contributed by atoms with van der Waals surface area (Å²) in [5.74, 6) is -8.62. The quantitative estimate of drug-likeness (QED) is 0.0543. The third-order valence-electron chi connectivity index (χ3n) is 7.21. The molecule has 0 aliphatic carbocycles. The molecular formula is C27H46N8O10. The van der Waals surface area contributed by atoms with Crippen LogP contribution >= 0.6 is 0 Å². The smallest absolute Gasteiger partial charge is 0.322 e. The van der Waals surface area contributed by atoms with Crippen LogP contribution < -0.4 is 43.4 Å². The van der Waals surface area contributed by atoms with Crippen LogP contribution in [-0.2, 0) is 38.4 Å². The largest absolute Gasteiger partial charge is 0.481 e. The molecule has 6 amide bonds. The predicted octanol–water partition coefficient (Wildman–Crippen LogP) is -3.60. The van der Waals surface area contributed by atoms with Crippen molar-refractivity contribution in [3.8, 4) is 0 Å². The summed E-state index contributed by atoms with van der Waals surface area (Å²) >= 11 is 0. The summed E-state index contributed by atoms with van der Waals surface area (Å²) in [6.07, 6.45) is 1.46. The molecule has 18 heteroatoms. The number of carbonyl (C=O) groups is 8. The van der Waals surface area contributed by atoms with E-state index in [2.05, 4.69) is 26.6 Å². The first-order valence-corrected chi connectivity index (χ1v) is 14.8. The van der Waals surface area contributed by atoms with Gasteiger partial charge in [0.05, 0.1) is 18.9 Å². The molecular weight excluding hydrogens is 596 g/mol. The van der Waals surface area contributed by atoms with Gasteiger partial charge in [-0.15, -0.1) is 0 Å². The number of carbonyl (C=O) groups excluding carboxylic acids is 6. The van der Waals surface area contributed by atoms with Crippen molar-refractivity contribution < 1.29 is 48.6 Å². The number of primary amides is 1. The molecule has 1 aliphatic heterocycles. The Morgan fingerprint density at radius 1 is 0.822 bits per heavy atom. The lowest BCUT2D eigenvalue weighted by Crippen LogP contribution is -2.60. The monoisotopic (exact) mass is 642 g/mol. The Morgan fingerprint density at radius 3 is 1.98 bits per heavy atom. The highest BCUT2D eigenvalue weighted by Crippen LogP contribution is 2.12. The molecule has 0 aromatic carbocycles. The van der Waals surface area contributed by atoms with Gasteiger partial charge in [-0.2, -0.15) is 0 Å². The van der Waals surface area contributed by atoms with Gasteiger partial charge in [0.2, 0.25) is 35.4 Å². The van der Waals surface area contributed by atoms with E-state index in [-0.39, 0.29) is 12.3 Å². The van der Waals surface area contributed by atoms with Gasteiger partial charge in [-0.25, -0.2) is 0 Å². The standard InChI is InChI=1S/C27H46N8O10/c1-3-14(2)22(35-25(43)16(7-4-5-9-28)32-24(42)15-8-6-10-30-15)27(45)34-18(12-20(37)38)26(44)33-17(11-19(29)36)23(41)31-13-21(39)40/h14-18,22,30H,3-13,28H2,1-2H3,(H2,29,36)(H,31,41)(H,32,42)(H,33,44)(H,34,45)(H,35,43)(H,37,38)(H,39,40)/t14-,15-,16-,17-,18-,22-/m0/s1. The van der Waals surface area contributed by atoms with Crippen molar-refractivity contribution in [2.75, 3.05) is 19.6 Å². The van der Waals surface area contributed by atoms with Gasteiger partial charge in [-0.1, -0.05) is 20.3 Å². The maximum atomic E-state index is 13.4. The first-order valence-electron chi connectivity index (χ1n) is 14.8. The number of unbranched alkanes of at least 4 members (excludes halogenated alkanes) is 1. The minimum Gasteiger partial charge on any atom is -0.481 e. The number of rotatable bonds is 21. The summed E-state index contributed by atoms with van der Waals surface area (Å²) < 4.78 is 0. The first-order chi connectivity index (χ1) is 21.2. The zero-order chi connectivity index (χ0) is 34.1. The van der Waals surface area contributed by atoms with E-state index in [0.29, 0.717) is 38.8 Å². The lowest BCUT2D eigenvalue weighted by Gasteiger charge is -2.29. The van der Waals surface area contributed by atoms with Gasteiger partial charge < -0.3 is 53.6 Å². The van der Waals surface area contributed by atoms with E-state index < -0.39 is 97.0 Å². The summed E-state index contributed by atoms with van der Waals surface area (Å²) in [5, 5.41) is 33.0. The van der Waals surface area contributed by atoms with E-state index >= 15 is 0 Å². The van der Waals surface area contributed by atoms with Crippen LogP contribution in [0, 0.1) is 5.92 Å². The number of amides is 6. The maximum absolute atomic E-state index is 13.4. The molecule has 0 radical (unpaired) electrons. The van der Waals surface area contributed by atoms with Gasteiger partial charge in [0.25, 0.3) is 0 Å². The normalized spacial score (nSPS) is 17.4. The van der Waals surface area contributed by atoms with E-state index in [1.54, 1.807) is 13.8 Å². The third kappa shape index (κ3) is 14.3. The topological polar surface area (TPSA) is 301 Å². The van der Waals surface area contributed by atoms with Gasteiger partial charge in [-0.05, 0) is 51.1 Å². The third-order valence-corrected chi connectivity index (χ3v) is 7.21. The molecule has 0 bridgehead atoms. The van der Waals surface area contributed by atoms with Crippen molar-refractivity contribution in [3.63, 3.8) is 0 Å². The van der Waals surface area contributed by atoms with Crippen LogP contribution in [-0.4, -0.2) is 107 Å². The second-order valence-electron chi connectivity index (χ2n) is 10.9. The molecule has 6 atom stereocenters. The number of nitrogens with one attached hydrogen (secondary N) is 6. The van der Waals surface area contributed by atoms with Crippen molar-refractivity contribution in [1.82, 2.24) is 31.9 Å². The summed E-state index contributed by atoms with van der Waals surface area (Å²) in [4.78, 5) is 98.8. The molecule has 254 valence electrons. The summed E-state index contributed by atoms with van der Waals surface area (Å²) in [5.41, 5.74) is 10.7. The maximum Gasteiger partial charge on any atom is 0.322 e. The Labute approximate surface area is 260 Å². The fourth-order valence-electron chi connectivity index (χ4n) is 4.51. The SMILES string of the molecule is CC[C@H](C)[C@H](NC(=O)[C@H](CCCCN)NC(=O)[C@@H]1CCCN1)C(=O)N[C@@H](CC(=O)O)C(=O)N[C@@H](CC(N)=O)C(=O)NCC(=O)O. The predicted molar refractivity (Wildman–Crippen MR) is 158 cm³/mol. The zero-order valence-corrected chi connectivity index (χ0v) is 25.6. The molecule has 18 nitrogen and oxygen atoms in total. The molecule has 0 saturated carbocycles. The molecule has 12 N–H and O–H groups in total. The Kier molecular flexibility index (Phi) is 17.1. The average molecular weight is 643 g/mol. The second kappa shape index (κ2) is 19.9. The minimum atomic E-state index is -1.77.